The second kappa shape index (κ2) is 6.68. The van der Waals surface area contributed by atoms with Crippen LogP contribution in [0, 0.1) is 19.7 Å². The number of halogens is 1. The third-order valence-corrected chi connectivity index (χ3v) is 6.00. The van der Waals surface area contributed by atoms with Crippen molar-refractivity contribution in [3.8, 4) is 0 Å². The molecule has 1 aromatic heterocycles. The van der Waals surface area contributed by atoms with Crippen molar-refractivity contribution in [1.29, 1.82) is 0 Å². The van der Waals surface area contributed by atoms with Gasteiger partial charge in [-0.15, -0.1) is 0 Å². The Morgan fingerprint density at radius 3 is 2.38 bits per heavy atom. The van der Waals surface area contributed by atoms with E-state index in [1.165, 1.54) is 28.0 Å². The van der Waals surface area contributed by atoms with Gasteiger partial charge in [-0.25, -0.2) is 9.37 Å². The van der Waals surface area contributed by atoms with Crippen LogP contribution in [0.4, 0.5) is 9.52 Å². The second-order valence-electron chi connectivity index (χ2n) is 6.69. The van der Waals surface area contributed by atoms with Gasteiger partial charge in [-0.1, -0.05) is 11.3 Å². The van der Waals surface area contributed by atoms with E-state index in [9.17, 15) is 9.18 Å². The first-order valence-corrected chi connectivity index (χ1v) is 9.50. The van der Waals surface area contributed by atoms with Gasteiger partial charge in [-0.2, -0.15) is 0 Å². The maximum atomic E-state index is 13.0. The summed E-state index contributed by atoms with van der Waals surface area (Å²) in [5.41, 5.74) is 4.11. The molecule has 0 spiro atoms. The Balaban J connectivity index is 1.46. The molecular weight excluding hydrogens is 349 g/mol. The number of hydrogen-bond donors (Lipinski definition) is 0. The van der Waals surface area contributed by atoms with Gasteiger partial charge in [0.15, 0.2) is 5.13 Å². The molecule has 0 saturated carbocycles. The molecule has 4 nitrogen and oxygen atoms in total. The van der Waals surface area contributed by atoms with E-state index in [-0.39, 0.29) is 11.7 Å². The average Bonchev–Trinajstić information content (AvgIpc) is 3.05. The molecule has 1 amide bonds. The van der Waals surface area contributed by atoms with Crippen LogP contribution >= 0.6 is 11.3 Å². The molecule has 1 aliphatic heterocycles. The molecule has 0 unspecified atom stereocenters. The molecule has 0 bridgehead atoms. The van der Waals surface area contributed by atoms with E-state index in [1.54, 1.807) is 23.5 Å². The maximum absolute atomic E-state index is 13.0. The second-order valence-corrected chi connectivity index (χ2v) is 7.70. The van der Waals surface area contributed by atoms with Crippen molar-refractivity contribution in [2.45, 2.75) is 13.8 Å². The minimum atomic E-state index is -0.326. The first kappa shape index (κ1) is 17.0. The number of nitrogens with zero attached hydrogens (tertiary/aromatic N) is 3. The summed E-state index contributed by atoms with van der Waals surface area (Å²) in [6.07, 6.45) is 0. The number of fused-ring (bicyclic) bond motifs is 1. The Hall–Kier alpha value is -2.47. The number of hydrogen-bond acceptors (Lipinski definition) is 4. The molecule has 26 heavy (non-hydrogen) atoms. The lowest BCUT2D eigenvalue weighted by molar-refractivity contribution is 0.0746. The number of thiazole rings is 1. The molecular formula is C20H20FN3OS. The fraction of sp³-hybridized carbons (Fsp3) is 0.300. The van der Waals surface area contributed by atoms with Crippen LogP contribution in [0.15, 0.2) is 36.4 Å². The summed E-state index contributed by atoms with van der Waals surface area (Å²) in [4.78, 5) is 21.4. The van der Waals surface area contributed by atoms with Gasteiger partial charge in [0.05, 0.1) is 10.2 Å². The van der Waals surface area contributed by atoms with Gasteiger partial charge in [0.25, 0.3) is 5.91 Å². The molecule has 1 saturated heterocycles. The third-order valence-electron chi connectivity index (χ3n) is 4.92. The molecule has 2 heterocycles. The van der Waals surface area contributed by atoms with Crippen LogP contribution in [-0.2, 0) is 0 Å². The lowest BCUT2D eigenvalue weighted by atomic mass is 10.1. The van der Waals surface area contributed by atoms with E-state index >= 15 is 0 Å². The topological polar surface area (TPSA) is 36.4 Å². The lowest BCUT2D eigenvalue weighted by Gasteiger charge is -2.34. The van der Waals surface area contributed by atoms with E-state index in [1.807, 2.05) is 4.90 Å². The summed E-state index contributed by atoms with van der Waals surface area (Å²) in [5.74, 6) is -0.368. The quantitative estimate of drug-likeness (QED) is 0.685. The SMILES string of the molecule is Cc1cc2nc(N3CCN(C(=O)c4ccc(F)cc4)CC3)sc2cc1C. The van der Waals surface area contributed by atoms with Crippen LogP contribution in [-0.4, -0.2) is 42.0 Å². The summed E-state index contributed by atoms with van der Waals surface area (Å²) in [6, 6.07) is 10.1. The van der Waals surface area contributed by atoms with Crippen molar-refractivity contribution in [2.24, 2.45) is 0 Å². The van der Waals surface area contributed by atoms with Gasteiger partial charge in [-0.05, 0) is 61.4 Å². The number of aryl methyl sites for hydroxylation is 2. The van der Waals surface area contributed by atoms with Gasteiger partial charge in [-0.3, -0.25) is 4.79 Å². The van der Waals surface area contributed by atoms with E-state index in [0.29, 0.717) is 18.7 Å². The Labute approximate surface area is 155 Å². The monoisotopic (exact) mass is 369 g/mol. The number of carbonyl (C=O) groups is 1. The van der Waals surface area contributed by atoms with Gasteiger partial charge >= 0.3 is 0 Å². The number of anilines is 1. The van der Waals surface area contributed by atoms with Crippen molar-refractivity contribution in [3.05, 3.63) is 58.9 Å². The van der Waals surface area contributed by atoms with Crippen molar-refractivity contribution in [2.75, 3.05) is 31.1 Å². The number of piperazine rings is 1. The fourth-order valence-electron chi connectivity index (χ4n) is 3.18. The number of rotatable bonds is 2. The molecule has 0 N–H and O–H groups in total. The number of aromatic nitrogens is 1. The lowest BCUT2D eigenvalue weighted by Crippen LogP contribution is -2.48. The van der Waals surface area contributed by atoms with Crippen LogP contribution in [0.25, 0.3) is 10.2 Å². The fourth-order valence-corrected chi connectivity index (χ4v) is 4.28. The van der Waals surface area contributed by atoms with Crippen molar-refractivity contribution < 1.29 is 9.18 Å². The van der Waals surface area contributed by atoms with Crippen molar-refractivity contribution >= 4 is 32.6 Å². The minimum Gasteiger partial charge on any atom is -0.345 e. The van der Waals surface area contributed by atoms with Crippen LogP contribution in [0.5, 0.6) is 0 Å². The zero-order valence-electron chi connectivity index (χ0n) is 14.8. The van der Waals surface area contributed by atoms with Crippen LogP contribution < -0.4 is 4.90 Å². The smallest absolute Gasteiger partial charge is 0.253 e. The van der Waals surface area contributed by atoms with Gasteiger partial charge in [0.1, 0.15) is 5.82 Å². The highest BCUT2D eigenvalue weighted by Gasteiger charge is 2.24. The van der Waals surface area contributed by atoms with Crippen molar-refractivity contribution in [3.63, 3.8) is 0 Å². The van der Waals surface area contributed by atoms with E-state index in [0.717, 1.165) is 23.7 Å². The molecule has 6 heteroatoms. The van der Waals surface area contributed by atoms with Crippen molar-refractivity contribution in [1.82, 2.24) is 9.88 Å². The molecule has 0 atom stereocenters. The predicted octanol–water partition coefficient (Wildman–Crippen LogP) is 4.01. The summed E-state index contributed by atoms with van der Waals surface area (Å²) in [6.45, 7) is 7.02. The Kier molecular flexibility index (Phi) is 4.36. The highest BCUT2D eigenvalue weighted by molar-refractivity contribution is 7.22. The highest BCUT2D eigenvalue weighted by Crippen LogP contribution is 2.31. The maximum Gasteiger partial charge on any atom is 0.253 e. The van der Waals surface area contributed by atoms with Gasteiger partial charge < -0.3 is 9.80 Å². The zero-order chi connectivity index (χ0) is 18.3. The molecule has 0 aliphatic carbocycles. The summed E-state index contributed by atoms with van der Waals surface area (Å²) >= 11 is 1.70. The number of benzene rings is 2. The van der Waals surface area contributed by atoms with Gasteiger partial charge in [0.2, 0.25) is 0 Å². The zero-order valence-corrected chi connectivity index (χ0v) is 15.6. The minimum absolute atomic E-state index is 0.0415. The first-order valence-electron chi connectivity index (χ1n) is 8.69. The predicted molar refractivity (Wildman–Crippen MR) is 104 cm³/mol. The number of amides is 1. The largest absolute Gasteiger partial charge is 0.345 e. The molecule has 2 aromatic carbocycles. The first-order chi connectivity index (χ1) is 12.5. The third kappa shape index (κ3) is 3.17. The Morgan fingerprint density at radius 2 is 1.69 bits per heavy atom. The normalized spacial score (nSPS) is 14.9. The Bertz CT molecular complexity index is 920. The summed E-state index contributed by atoms with van der Waals surface area (Å²) in [7, 11) is 0. The van der Waals surface area contributed by atoms with E-state index in [2.05, 4.69) is 30.9 Å². The summed E-state index contributed by atoms with van der Waals surface area (Å²) in [5, 5.41) is 1.01. The Morgan fingerprint density at radius 1 is 1.04 bits per heavy atom. The molecule has 1 aliphatic rings. The van der Waals surface area contributed by atoms with E-state index in [4.69, 9.17) is 4.98 Å². The molecule has 4 rings (SSSR count). The highest BCUT2D eigenvalue weighted by atomic mass is 32.1. The molecule has 3 aromatic rings. The van der Waals surface area contributed by atoms with Gasteiger partial charge in [0, 0.05) is 31.7 Å². The summed E-state index contributed by atoms with van der Waals surface area (Å²) < 4.78 is 14.2. The standard InChI is InChI=1S/C20H20FN3OS/c1-13-11-17-18(12-14(13)2)26-20(22-17)24-9-7-23(8-10-24)19(25)15-3-5-16(21)6-4-15/h3-6,11-12H,7-10H2,1-2H3. The van der Waals surface area contributed by atoms with Crippen LogP contribution in [0.2, 0.25) is 0 Å². The molecule has 1 fully saturated rings. The van der Waals surface area contributed by atoms with Crippen LogP contribution in [0.3, 0.4) is 0 Å². The van der Waals surface area contributed by atoms with E-state index < -0.39 is 0 Å². The number of carbonyl (C=O) groups excluding carboxylic acids is 1. The molecule has 134 valence electrons. The van der Waals surface area contributed by atoms with Crippen LogP contribution in [0.1, 0.15) is 21.5 Å². The average molecular weight is 369 g/mol. The molecule has 0 radical (unpaired) electrons.